The van der Waals surface area contributed by atoms with Gasteiger partial charge in [0.1, 0.15) is 6.61 Å². The Hall–Kier alpha value is -1.17. The highest BCUT2D eigenvalue weighted by molar-refractivity contribution is 7.61. The van der Waals surface area contributed by atoms with E-state index in [1.54, 1.807) is 0 Å². The minimum Gasteiger partial charge on any atom is -0.460 e. The molecule has 0 aromatic heterocycles. The van der Waals surface area contributed by atoms with E-state index >= 15 is 0 Å². The van der Waals surface area contributed by atoms with Crippen LogP contribution < -0.4 is 0 Å². The van der Waals surface area contributed by atoms with E-state index in [4.69, 9.17) is 0 Å². The van der Waals surface area contributed by atoms with Crippen LogP contribution in [0, 0.1) is 0 Å². The van der Waals surface area contributed by atoms with Crippen molar-refractivity contribution in [3.8, 4) is 0 Å². The fourth-order valence-corrected chi connectivity index (χ4v) is 0.597. The summed E-state index contributed by atoms with van der Waals surface area (Å²) >= 11 is 0. The molecule has 0 fully saturated rings. The first-order chi connectivity index (χ1) is 5.54. The molecule has 0 aliphatic rings. The molecular weight excluding hydrogens is 182 g/mol. The Morgan fingerprint density at radius 3 is 2.58 bits per heavy atom. The summed E-state index contributed by atoms with van der Waals surface area (Å²) in [4.78, 5) is 10.7. The molecule has 0 saturated carbocycles. The van der Waals surface area contributed by atoms with E-state index in [0.29, 0.717) is 0 Å². The van der Waals surface area contributed by atoms with Gasteiger partial charge in [-0.05, 0) is 6.92 Å². The van der Waals surface area contributed by atoms with Gasteiger partial charge in [0.25, 0.3) is 0 Å². The number of esters is 1. The Balaban J connectivity index is 3.65. The predicted octanol–water partition coefficient (Wildman–Crippen LogP) is 0.168. The normalized spacial score (nSPS) is 8.75. The van der Waals surface area contributed by atoms with Crippen LogP contribution in [0.3, 0.4) is 0 Å². The van der Waals surface area contributed by atoms with Gasteiger partial charge in [0, 0.05) is 5.57 Å². The zero-order valence-electron chi connectivity index (χ0n) is 6.61. The topological polar surface area (TPSA) is 72.8 Å². The summed E-state index contributed by atoms with van der Waals surface area (Å²) in [7, 11) is -2.43. The third-order valence-corrected chi connectivity index (χ3v) is 1.26. The van der Waals surface area contributed by atoms with Crippen LogP contribution in [0.1, 0.15) is 6.92 Å². The summed E-state index contributed by atoms with van der Waals surface area (Å²) in [6, 6.07) is 0. The zero-order chi connectivity index (χ0) is 9.56. The largest absolute Gasteiger partial charge is 0.460 e. The fourth-order valence-electron chi connectivity index (χ4n) is 0.373. The molecule has 5 nitrogen and oxygen atoms in total. The second kappa shape index (κ2) is 5.48. The highest BCUT2D eigenvalue weighted by Crippen LogP contribution is 1.90. The Morgan fingerprint density at radius 2 is 2.17 bits per heavy atom. The third kappa shape index (κ3) is 5.60. The number of hydrogen-bond acceptors (Lipinski definition) is 5. The maximum absolute atomic E-state index is 10.7. The van der Waals surface area contributed by atoms with Crippen LogP contribution in [-0.4, -0.2) is 27.5 Å². The second-order valence-electron chi connectivity index (χ2n) is 1.99. The molecule has 0 aliphatic heterocycles. The van der Waals surface area contributed by atoms with Crippen LogP contribution in [0.15, 0.2) is 16.5 Å². The summed E-state index contributed by atoms with van der Waals surface area (Å²) in [6.45, 7) is 4.76. The van der Waals surface area contributed by atoms with Crippen molar-refractivity contribution >= 4 is 16.5 Å². The number of carbonyl (C=O) groups is 1. The van der Waals surface area contributed by atoms with E-state index in [1.165, 1.54) is 6.92 Å². The molecule has 0 heterocycles. The van der Waals surface area contributed by atoms with Crippen molar-refractivity contribution in [2.75, 3.05) is 13.2 Å². The number of nitrogens with zero attached hydrogens (tertiary/aromatic N) is 1. The summed E-state index contributed by atoms with van der Waals surface area (Å²) in [6.07, 6.45) is 0. The molecule has 0 aromatic rings. The molecule has 0 unspecified atom stereocenters. The Morgan fingerprint density at radius 1 is 1.58 bits per heavy atom. The lowest BCUT2D eigenvalue weighted by Crippen LogP contribution is -2.07. The molecule has 68 valence electrons. The van der Waals surface area contributed by atoms with E-state index in [9.17, 15) is 13.2 Å². The maximum Gasteiger partial charge on any atom is 0.333 e. The minimum absolute atomic E-state index is 0.0420. The predicted molar refractivity (Wildman–Crippen MR) is 42.0 cm³/mol. The van der Waals surface area contributed by atoms with Gasteiger partial charge in [0.05, 0.1) is 6.54 Å². The van der Waals surface area contributed by atoms with Crippen molar-refractivity contribution in [2.45, 2.75) is 6.92 Å². The van der Waals surface area contributed by atoms with Crippen molar-refractivity contribution in [1.82, 2.24) is 0 Å². The van der Waals surface area contributed by atoms with Crippen LogP contribution in [0.25, 0.3) is 0 Å². The van der Waals surface area contributed by atoms with Crippen molar-refractivity contribution in [3.63, 3.8) is 0 Å². The highest BCUT2D eigenvalue weighted by Gasteiger charge is 2.00. The van der Waals surface area contributed by atoms with E-state index in [2.05, 4.69) is 15.7 Å². The van der Waals surface area contributed by atoms with Gasteiger partial charge in [-0.1, -0.05) is 6.58 Å². The Bertz CT molecular complexity index is 296. The quantitative estimate of drug-likeness (QED) is 0.360. The molecule has 0 bridgehead atoms. The number of rotatable bonds is 4. The molecule has 0 spiro atoms. The van der Waals surface area contributed by atoms with Gasteiger partial charge < -0.3 is 4.74 Å². The molecule has 0 aliphatic carbocycles. The summed E-state index contributed by atoms with van der Waals surface area (Å²) in [5.74, 6) is -0.540. The Kier molecular flexibility index (Phi) is 4.94. The maximum atomic E-state index is 10.7. The van der Waals surface area contributed by atoms with Gasteiger partial charge in [0.15, 0.2) is 0 Å². The molecule has 6 heteroatoms. The Labute approximate surface area is 71.7 Å². The lowest BCUT2D eigenvalue weighted by Gasteiger charge is -1.99. The average molecular weight is 191 g/mol. The molecule has 0 amide bonds. The van der Waals surface area contributed by atoms with Gasteiger partial charge in [0.2, 0.25) is 0 Å². The SMILES string of the molecule is C=C(C)C(=O)OCCN=S(=O)=O. The highest BCUT2D eigenvalue weighted by atomic mass is 32.2. The number of ether oxygens (including phenoxy) is 1. The van der Waals surface area contributed by atoms with E-state index < -0.39 is 16.5 Å². The van der Waals surface area contributed by atoms with Gasteiger partial charge in [-0.15, -0.1) is 0 Å². The molecular formula is C6H9NO4S. The first-order valence-corrected chi connectivity index (χ1v) is 4.16. The minimum atomic E-state index is -2.43. The van der Waals surface area contributed by atoms with Crippen molar-refractivity contribution in [2.24, 2.45) is 4.36 Å². The van der Waals surface area contributed by atoms with Crippen LogP contribution in [0.4, 0.5) is 0 Å². The molecule has 0 aromatic carbocycles. The third-order valence-electron chi connectivity index (χ3n) is 0.870. The van der Waals surface area contributed by atoms with Gasteiger partial charge in [-0.25, -0.2) is 4.79 Å². The van der Waals surface area contributed by atoms with Crippen molar-refractivity contribution in [1.29, 1.82) is 0 Å². The molecule has 0 rings (SSSR count). The number of carbonyl (C=O) groups excluding carboxylic acids is 1. The lowest BCUT2D eigenvalue weighted by molar-refractivity contribution is -0.138. The first-order valence-electron chi connectivity index (χ1n) is 3.13. The second-order valence-corrected chi connectivity index (χ2v) is 2.68. The van der Waals surface area contributed by atoms with Crippen molar-refractivity contribution < 1.29 is 17.9 Å². The summed E-state index contributed by atoms with van der Waals surface area (Å²) < 4.78 is 27.3. The van der Waals surface area contributed by atoms with E-state index in [0.717, 1.165) is 0 Å². The molecule has 0 radical (unpaired) electrons. The van der Waals surface area contributed by atoms with Crippen LogP contribution in [-0.2, 0) is 20.0 Å². The van der Waals surface area contributed by atoms with Gasteiger partial charge in [-0.2, -0.15) is 12.8 Å². The molecule has 0 N–H and O–H groups in total. The van der Waals surface area contributed by atoms with E-state index in [1.807, 2.05) is 0 Å². The monoisotopic (exact) mass is 191 g/mol. The molecule has 0 atom stereocenters. The van der Waals surface area contributed by atoms with Gasteiger partial charge >= 0.3 is 16.5 Å². The van der Waals surface area contributed by atoms with Crippen LogP contribution in [0.5, 0.6) is 0 Å². The van der Waals surface area contributed by atoms with Gasteiger partial charge in [-0.3, -0.25) is 0 Å². The van der Waals surface area contributed by atoms with Crippen molar-refractivity contribution in [3.05, 3.63) is 12.2 Å². The molecule has 12 heavy (non-hydrogen) atoms. The fraction of sp³-hybridized carbons (Fsp3) is 0.500. The van der Waals surface area contributed by atoms with Crippen LogP contribution >= 0.6 is 0 Å². The first kappa shape index (κ1) is 10.8. The average Bonchev–Trinajstić information content (AvgIpc) is 1.97. The lowest BCUT2D eigenvalue weighted by atomic mass is 10.4. The molecule has 0 saturated heterocycles. The smallest absolute Gasteiger partial charge is 0.333 e. The van der Waals surface area contributed by atoms with E-state index in [-0.39, 0.29) is 18.7 Å². The summed E-state index contributed by atoms with van der Waals surface area (Å²) in [5.41, 5.74) is 0.276. The standard InChI is InChI=1S/C6H9NO4S/c1-5(2)6(8)11-4-3-7-12(9)10/h1,3-4H2,2H3. The number of hydrogen-bond donors (Lipinski definition) is 0. The zero-order valence-corrected chi connectivity index (χ0v) is 7.43. The van der Waals surface area contributed by atoms with Crippen LogP contribution in [0.2, 0.25) is 0 Å². The summed E-state index contributed by atoms with van der Waals surface area (Å²) in [5, 5.41) is 0.